The molecule has 0 aliphatic carbocycles. The van der Waals surface area contributed by atoms with Crippen molar-refractivity contribution in [3.8, 4) is 22.6 Å². The summed E-state index contributed by atoms with van der Waals surface area (Å²) in [7, 11) is 0. The lowest BCUT2D eigenvalue weighted by Gasteiger charge is -2.03. The molecule has 0 spiro atoms. The van der Waals surface area contributed by atoms with Crippen LogP contribution in [0.25, 0.3) is 32.8 Å². The van der Waals surface area contributed by atoms with Gasteiger partial charge in [-0.05, 0) is 42.7 Å². The van der Waals surface area contributed by atoms with E-state index in [1.807, 2.05) is 56.3 Å². The molecule has 0 bridgehead atoms. The van der Waals surface area contributed by atoms with Crippen molar-refractivity contribution in [2.45, 2.75) is 13.8 Å². The van der Waals surface area contributed by atoms with Crippen LogP contribution in [0, 0.1) is 13.8 Å². The first-order chi connectivity index (χ1) is 11.6. The average molecular weight is 333 g/mol. The standard InChI is InChI=1S/C20H15NO2S/c1-12-13(2)24-19-17(12)20(22)23-18(21-19)16-10-8-15(9-11-16)14-6-4-3-5-7-14/h3-11H,1-2H3. The zero-order valence-electron chi connectivity index (χ0n) is 13.4. The number of rotatable bonds is 2. The molecule has 0 fully saturated rings. The van der Waals surface area contributed by atoms with Crippen LogP contribution in [0.3, 0.4) is 0 Å². The Labute approximate surface area is 143 Å². The van der Waals surface area contributed by atoms with Crippen molar-refractivity contribution in [2.24, 2.45) is 0 Å². The Hall–Kier alpha value is -2.72. The molecule has 0 saturated heterocycles. The number of nitrogens with zero attached hydrogens (tertiary/aromatic N) is 1. The topological polar surface area (TPSA) is 43.1 Å². The molecule has 0 atom stereocenters. The molecule has 4 heteroatoms. The molecule has 0 aliphatic heterocycles. The molecule has 0 amide bonds. The molecule has 0 N–H and O–H groups in total. The highest BCUT2D eigenvalue weighted by atomic mass is 32.1. The quantitative estimate of drug-likeness (QED) is 0.506. The van der Waals surface area contributed by atoms with Crippen molar-refractivity contribution < 1.29 is 4.42 Å². The van der Waals surface area contributed by atoms with Crippen LogP contribution < -0.4 is 5.63 Å². The Kier molecular flexibility index (Phi) is 3.54. The van der Waals surface area contributed by atoms with Gasteiger partial charge in [0.15, 0.2) is 0 Å². The molecule has 2 heterocycles. The lowest BCUT2D eigenvalue weighted by Crippen LogP contribution is -2.02. The molecule has 3 nitrogen and oxygen atoms in total. The fourth-order valence-corrected chi connectivity index (χ4v) is 3.75. The van der Waals surface area contributed by atoms with Crippen LogP contribution in [0.1, 0.15) is 10.4 Å². The number of aryl methyl sites for hydroxylation is 2. The Morgan fingerprint density at radius 2 is 1.50 bits per heavy atom. The van der Waals surface area contributed by atoms with E-state index >= 15 is 0 Å². The maximum absolute atomic E-state index is 12.3. The highest BCUT2D eigenvalue weighted by Crippen LogP contribution is 2.29. The molecule has 2 aromatic heterocycles. The first-order valence-corrected chi connectivity index (χ1v) is 8.52. The van der Waals surface area contributed by atoms with Crippen LogP contribution in [0.5, 0.6) is 0 Å². The van der Waals surface area contributed by atoms with Crippen LogP contribution in [0.15, 0.2) is 63.8 Å². The van der Waals surface area contributed by atoms with E-state index in [-0.39, 0.29) is 5.63 Å². The number of thiophene rings is 1. The minimum atomic E-state index is -0.316. The zero-order valence-corrected chi connectivity index (χ0v) is 14.2. The minimum absolute atomic E-state index is 0.316. The smallest absolute Gasteiger partial charge is 0.348 e. The normalized spacial score (nSPS) is 11.1. The first kappa shape index (κ1) is 14.8. The molecule has 0 saturated carbocycles. The minimum Gasteiger partial charge on any atom is -0.403 e. The molecule has 0 unspecified atom stereocenters. The van der Waals surface area contributed by atoms with Gasteiger partial charge in [-0.3, -0.25) is 0 Å². The number of fused-ring (bicyclic) bond motifs is 1. The van der Waals surface area contributed by atoms with Gasteiger partial charge in [-0.2, -0.15) is 0 Å². The number of aromatic nitrogens is 1. The van der Waals surface area contributed by atoms with Crippen LogP contribution >= 0.6 is 11.3 Å². The number of hydrogen-bond donors (Lipinski definition) is 0. The van der Waals surface area contributed by atoms with Gasteiger partial charge < -0.3 is 4.42 Å². The van der Waals surface area contributed by atoms with E-state index in [9.17, 15) is 4.79 Å². The van der Waals surface area contributed by atoms with E-state index in [0.29, 0.717) is 11.3 Å². The van der Waals surface area contributed by atoms with Gasteiger partial charge in [0.05, 0.1) is 0 Å². The summed E-state index contributed by atoms with van der Waals surface area (Å²) in [6.07, 6.45) is 0. The summed E-state index contributed by atoms with van der Waals surface area (Å²) in [5.74, 6) is 0.369. The summed E-state index contributed by atoms with van der Waals surface area (Å²) >= 11 is 1.53. The highest BCUT2D eigenvalue weighted by Gasteiger charge is 2.14. The summed E-state index contributed by atoms with van der Waals surface area (Å²) in [5.41, 5.74) is 3.72. The van der Waals surface area contributed by atoms with Crippen LogP contribution in [0.2, 0.25) is 0 Å². The van der Waals surface area contributed by atoms with E-state index in [1.54, 1.807) is 0 Å². The summed E-state index contributed by atoms with van der Waals surface area (Å²) in [6.45, 7) is 3.93. The first-order valence-electron chi connectivity index (χ1n) is 7.70. The second-order valence-electron chi connectivity index (χ2n) is 5.71. The third-order valence-corrected chi connectivity index (χ3v) is 5.30. The second kappa shape index (κ2) is 5.73. The Morgan fingerprint density at radius 3 is 2.21 bits per heavy atom. The van der Waals surface area contributed by atoms with Gasteiger partial charge in [-0.15, -0.1) is 11.3 Å². The summed E-state index contributed by atoms with van der Waals surface area (Å²) in [5, 5.41) is 0.599. The lowest BCUT2D eigenvalue weighted by molar-refractivity contribution is 0.518. The van der Waals surface area contributed by atoms with E-state index in [2.05, 4.69) is 17.1 Å². The fraction of sp³-hybridized carbons (Fsp3) is 0.100. The molecule has 4 aromatic rings. The van der Waals surface area contributed by atoms with Crippen LogP contribution in [0.4, 0.5) is 0 Å². The molecular weight excluding hydrogens is 318 g/mol. The van der Waals surface area contributed by atoms with Crippen molar-refractivity contribution in [1.82, 2.24) is 4.98 Å². The second-order valence-corrected chi connectivity index (χ2v) is 6.92. The lowest BCUT2D eigenvalue weighted by atomic mass is 10.0. The van der Waals surface area contributed by atoms with Gasteiger partial charge in [0.2, 0.25) is 5.89 Å². The molecule has 118 valence electrons. The van der Waals surface area contributed by atoms with E-state index in [1.165, 1.54) is 11.3 Å². The van der Waals surface area contributed by atoms with Crippen molar-refractivity contribution in [3.05, 3.63) is 75.5 Å². The Balaban J connectivity index is 1.79. The van der Waals surface area contributed by atoms with Gasteiger partial charge in [0.1, 0.15) is 10.2 Å². The molecule has 0 aliphatic rings. The predicted molar refractivity (Wildman–Crippen MR) is 98.5 cm³/mol. The van der Waals surface area contributed by atoms with E-state index in [0.717, 1.165) is 32.0 Å². The van der Waals surface area contributed by atoms with Crippen molar-refractivity contribution in [2.75, 3.05) is 0 Å². The Morgan fingerprint density at radius 1 is 0.875 bits per heavy atom. The van der Waals surface area contributed by atoms with Crippen molar-refractivity contribution >= 4 is 21.6 Å². The largest absolute Gasteiger partial charge is 0.403 e. The van der Waals surface area contributed by atoms with Gasteiger partial charge in [-0.25, -0.2) is 9.78 Å². The van der Waals surface area contributed by atoms with Crippen LogP contribution in [-0.2, 0) is 0 Å². The summed E-state index contributed by atoms with van der Waals surface area (Å²) < 4.78 is 5.46. The van der Waals surface area contributed by atoms with Gasteiger partial charge >= 0.3 is 5.63 Å². The van der Waals surface area contributed by atoms with Crippen molar-refractivity contribution in [1.29, 1.82) is 0 Å². The SMILES string of the molecule is Cc1sc2nc(-c3ccc(-c4ccccc4)cc3)oc(=O)c2c1C. The third kappa shape index (κ3) is 2.45. The summed E-state index contributed by atoms with van der Waals surface area (Å²) in [6, 6.07) is 18.1. The average Bonchev–Trinajstić information content (AvgIpc) is 2.90. The highest BCUT2D eigenvalue weighted by molar-refractivity contribution is 7.18. The summed E-state index contributed by atoms with van der Waals surface area (Å²) in [4.78, 5) is 18.7. The van der Waals surface area contributed by atoms with Gasteiger partial charge in [-0.1, -0.05) is 42.5 Å². The van der Waals surface area contributed by atoms with E-state index in [4.69, 9.17) is 4.42 Å². The number of benzene rings is 2. The van der Waals surface area contributed by atoms with E-state index < -0.39 is 0 Å². The molecule has 4 rings (SSSR count). The van der Waals surface area contributed by atoms with Crippen LogP contribution in [-0.4, -0.2) is 4.98 Å². The molecule has 0 radical (unpaired) electrons. The molecular formula is C20H15NO2S. The molecule has 2 aromatic carbocycles. The molecule has 24 heavy (non-hydrogen) atoms. The van der Waals surface area contributed by atoms with Gasteiger partial charge in [0.25, 0.3) is 0 Å². The predicted octanol–water partition coefficient (Wildman–Crippen LogP) is 5.20. The maximum atomic E-state index is 12.3. The number of hydrogen-bond acceptors (Lipinski definition) is 4. The Bertz CT molecular complexity index is 1080. The maximum Gasteiger partial charge on any atom is 0.348 e. The van der Waals surface area contributed by atoms with Crippen molar-refractivity contribution in [3.63, 3.8) is 0 Å². The third-order valence-electron chi connectivity index (χ3n) is 4.20. The van der Waals surface area contributed by atoms with Gasteiger partial charge in [0, 0.05) is 10.4 Å². The monoisotopic (exact) mass is 333 g/mol. The zero-order chi connectivity index (χ0) is 16.7. The fourth-order valence-electron chi connectivity index (χ4n) is 2.74.